The SMILES string of the molecule is CCC[C@@H](C=O)NC(=O)[C@@H]1CCCN1C(=O)[C@H](CC(N)=O)NC(=O)[C@H](COP(=O)(O)O)NC(=O)[C@H](C)NC(=O)[C@@H](N)[C@@H](C)O. The molecule has 0 aromatic heterocycles. The van der Waals surface area contributed by atoms with Gasteiger partial charge in [0, 0.05) is 6.54 Å². The molecule has 0 aliphatic carbocycles. The quantitative estimate of drug-likeness (QED) is 0.0500. The first-order chi connectivity index (χ1) is 20.4. The third-order valence-electron chi connectivity index (χ3n) is 6.57. The molecule has 250 valence electrons. The molecule has 0 aromatic carbocycles. The van der Waals surface area contributed by atoms with Crippen molar-refractivity contribution in [3.05, 3.63) is 0 Å². The van der Waals surface area contributed by atoms with E-state index in [1.807, 2.05) is 6.92 Å². The normalized spacial score (nSPS) is 19.0. The molecule has 1 saturated heterocycles. The van der Waals surface area contributed by atoms with E-state index >= 15 is 0 Å². The summed E-state index contributed by atoms with van der Waals surface area (Å²) >= 11 is 0. The highest BCUT2D eigenvalue weighted by Crippen LogP contribution is 2.35. The van der Waals surface area contributed by atoms with Gasteiger partial charge < -0.3 is 57.3 Å². The molecular formula is C24H42N7O12P. The van der Waals surface area contributed by atoms with E-state index in [0.717, 1.165) is 4.90 Å². The molecule has 1 heterocycles. The van der Waals surface area contributed by atoms with Crippen molar-refractivity contribution in [1.82, 2.24) is 26.2 Å². The molecule has 0 spiro atoms. The Balaban J connectivity index is 3.15. The number of aldehydes is 1. The van der Waals surface area contributed by atoms with Gasteiger partial charge in [0.15, 0.2) is 0 Å². The molecule has 0 radical (unpaired) electrons. The number of primary amides is 1. The van der Waals surface area contributed by atoms with Crippen LogP contribution < -0.4 is 32.7 Å². The Labute approximate surface area is 253 Å². The monoisotopic (exact) mass is 651 g/mol. The third kappa shape index (κ3) is 12.6. The molecule has 1 aliphatic rings. The molecule has 20 heteroatoms. The van der Waals surface area contributed by atoms with Crippen molar-refractivity contribution >= 4 is 49.6 Å². The van der Waals surface area contributed by atoms with Crippen LogP contribution in [0.3, 0.4) is 0 Å². The van der Waals surface area contributed by atoms with Gasteiger partial charge in [-0.25, -0.2) is 4.57 Å². The minimum absolute atomic E-state index is 0.0644. The summed E-state index contributed by atoms with van der Waals surface area (Å²) in [4.78, 5) is 107. The number of aliphatic hydroxyl groups excluding tert-OH is 1. The number of likely N-dealkylation sites (tertiary alicyclic amines) is 1. The zero-order valence-corrected chi connectivity index (χ0v) is 25.5. The Morgan fingerprint density at radius 3 is 2.16 bits per heavy atom. The maximum absolute atomic E-state index is 13.5. The number of nitrogens with two attached hydrogens (primary N) is 2. The number of hydrogen-bond donors (Lipinski definition) is 9. The number of phosphoric ester groups is 1. The molecule has 1 fully saturated rings. The topological polar surface area (TPSA) is 310 Å². The van der Waals surface area contributed by atoms with E-state index in [4.69, 9.17) is 21.3 Å². The zero-order valence-electron chi connectivity index (χ0n) is 24.6. The summed E-state index contributed by atoms with van der Waals surface area (Å²) in [6, 6.07) is -8.10. The smallest absolute Gasteiger partial charge is 0.391 e. The first kappa shape index (κ1) is 38.5. The first-order valence-electron chi connectivity index (χ1n) is 13.8. The van der Waals surface area contributed by atoms with Gasteiger partial charge in [-0.2, -0.15) is 0 Å². The minimum atomic E-state index is -5.17. The second-order valence-corrected chi connectivity index (χ2v) is 11.5. The summed E-state index contributed by atoms with van der Waals surface area (Å²) in [7, 11) is -5.17. The molecule has 6 amide bonds. The number of carbonyl (C=O) groups excluding carboxylic acids is 7. The van der Waals surface area contributed by atoms with Gasteiger partial charge >= 0.3 is 7.82 Å². The Bertz CT molecular complexity index is 1120. The fraction of sp³-hybridized carbons (Fsp3) is 0.708. The van der Waals surface area contributed by atoms with Crippen LogP contribution in [-0.4, -0.2) is 117 Å². The van der Waals surface area contributed by atoms with Crippen molar-refractivity contribution in [2.45, 2.75) is 95.2 Å². The van der Waals surface area contributed by atoms with Gasteiger partial charge in [-0.1, -0.05) is 13.3 Å². The van der Waals surface area contributed by atoms with Gasteiger partial charge in [-0.15, -0.1) is 0 Å². The molecule has 0 bridgehead atoms. The molecule has 11 N–H and O–H groups in total. The highest BCUT2D eigenvalue weighted by atomic mass is 31.2. The lowest BCUT2D eigenvalue weighted by atomic mass is 10.1. The second kappa shape index (κ2) is 17.7. The Kier molecular flexibility index (Phi) is 15.5. The number of nitrogens with one attached hydrogen (secondary N) is 4. The van der Waals surface area contributed by atoms with Gasteiger partial charge in [0.25, 0.3) is 0 Å². The highest BCUT2D eigenvalue weighted by Gasteiger charge is 2.40. The lowest BCUT2D eigenvalue weighted by Gasteiger charge is -2.30. The number of hydrogen-bond acceptors (Lipinski definition) is 11. The number of phosphoric acid groups is 1. The van der Waals surface area contributed by atoms with E-state index in [1.165, 1.54) is 13.8 Å². The van der Waals surface area contributed by atoms with E-state index in [9.17, 15) is 43.2 Å². The molecule has 1 rings (SSSR count). The van der Waals surface area contributed by atoms with Crippen LogP contribution in [-0.2, 0) is 42.7 Å². The molecule has 0 saturated carbocycles. The maximum atomic E-state index is 13.5. The third-order valence-corrected chi connectivity index (χ3v) is 7.05. The fourth-order valence-corrected chi connectivity index (χ4v) is 4.53. The van der Waals surface area contributed by atoms with Gasteiger partial charge in [-0.05, 0) is 33.1 Å². The van der Waals surface area contributed by atoms with Gasteiger partial charge in [-0.3, -0.25) is 33.3 Å². The average Bonchev–Trinajstić information content (AvgIpc) is 3.42. The summed E-state index contributed by atoms with van der Waals surface area (Å²) in [6.45, 7) is 3.20. The summed E-state index contributed by atoms with van der Waals surface area (Å²) in [5.74, 6) is -5.71. The van der Waals surface area contributed by atoms with E-state index in [0.29, 0.717) is 25.5 Å². The Morgan fingerprint density at radius 2 is 1.64 bits per heavy atom. The van der Waals surface area contributed by atoms with E-state index < -0.39 is 98.6 Å². The summed E-state index contributed by atoms with van der Waals surface area (Å²) in [5.41, 5.74) is 10.8. The predicted octanol–water partition coefficient (Wildman–Crippen LogP) is -4.37. The van der Waals surface area contributed by atoms with Crippen LogP contribution >= 0.6 is 7.82 Å². The number of amides is 6. The van der Waals surface area contributed by atoms with Crippen LogP contribution in [0.15, 0.2) is 0 Å². The van der Waals surface area contributed by atoms with Crippen LogP contribution in [0.2, 0.25) is 0 Å². The van der Waals surface area contributed by atoms with Gasteiger partial charge in [0.05, 0.1) is 25.2 Å². The Morgan fingerprint density at radius 1 is 1.02 bits per heavy atom. The number of carbonyl (C=O) groups is 7. The Hall–Kier alpha value is -3.48. The van der Waals surface area contributed by atoms with Crippen molar-refractivity contribution in [3.63, 3.8) is 0 Å². The van der Waals surface area contributed by atoms with Crippen molar-refractivity contribution in [2.24, 2.45) is 11.5 Å². The number of nitrogens with zero attached hydrogens (tertiary/aromatic N) is 1. The zero-order chi connectivity index (χ0) is 33.8. The molecule has 19 nitrogen and oxygen atoms in total. The highest BCUT2D eigenvalue weighted by molar-refractivity contribution is 7.46. The molecule has 44 heavy (non-hydrogen) atoms. The summed E-state index contributed by atoms with van der Waals surface area (Å²) in [6.07, 6.45) is 0.154. The van der Waals surface area contributed by atoms with Crippen LogP contribution in [0.25, 0.3) is 0 Å². The summed E-state index contributed by atoms with van der Waals surface area (Å²) < 4.78 is 15.7. The largest absolute Gasteiger partial charge is 0.469 e. The van der Waals surface area contributed by atoms with Crippen LogP contribution in [0.1, 0.15) is 52.9 Å². The number of rotatable bonds is 18. The van der Waals surface area contributed by atoms with Gasteiger partial charge in [0.2, 0.25) is 35.4 Å². The average molecular weight is 652 g/mol. The summed E-state index contributed by atoms with van der Waals surface area (Å²) in [5, 5.41) is 18.5. The van der Waals surface area contributed by atoms with E-state index in [-0.39, 0.29) is 13.0 Å². The van der Waals surface area contributed by atoms with Crippen molar-refractivity contribution in [1.29, 1.82) is 0 Å². The molecular weight excluding hydrogens is 609 g/mol. The van der Waals surface area contributed by atoms with Crippen molar-refractivity contribution < 1.29 is 57.5 Å². The van der Waals surface area contributed by atoms with E-state index in [2.05, 4.69) is 25.8 Å². The van der Waals surface area contributed by atoms with Crippen LogP contribution in [0, 0.1) is 0 Å². The molecule has 7 atom stereocenters. The van der Waals surface area contributed by atoms with E-state index in [1.54, 1.807) is 0 Å². The fourth-order valence-electron chi connectivity index (χ4n) is 4.19. The molecule has 0 unspecified atom stereocenters. The van der Waals surface area contributed by atoms with Crippen molar-refractivity contribution in [3.8, 4) is 0 Å². The lowest BCUT2D eigenvalue weighted by molar-refractivity contribution is -0.143. The number of aliphatic hydroxyl groups is 1. The van der Waals surface area contributed by atoms with Crippen LogP contribution in [0.5, 0.6) is 0 Å². The minimum Gasteiger partial charge on any atom is -0.391 e. The second-order valence-electron chi connectivity index (χ2n) is 10.3. The van der Waals surface area contributed by atoms with Crippen LogP contribution in [0.4, 0.5) is 0 Å². The molecule has 1 aliphatic heterocycles. The first-order valence-corrected chi connectivity index (χ1v) is 15.3. The molecule has 0 aromatic rings. The lowest BCUT2D eigenvalue weighted by Crippen LogP contribution is -2.60. The van der Waals surface area contributed by atoms with Gasteiger partial charge in [0.1, 0.15) is 36.5 Å². The maximum Gasteiger partial charge on any atom is 0.469 e. The van der Waals surface area contributed by atoms with Crippen molar-refractivity contribution in [2.75, 3.05) is 13.2 Å². The standard InChI is InChI=1S/C24H42N7O12P/c1-4-6-14(10-32)28-22(37)17-7-5-8-31(17)24(39)15(9-18(25)34)29-21(36)16(11-43-44(40,41)42)30-20(35)12(2)27-23(38)19(26)13(3)33/h10,12-17,19,33H,4-9,11,26H2,1-3H3,(H2,25,34)(H,27,38)(H,28,37)(H,29,36)(H,30,35)(H2,40,41,42)/t12-,13+,14-,15-,16-,17-,19-/m0/s1. The predicted molar refractivity (Wildman–Crippen MR) is 151 cm³/mol.